The van der Waals surface area contributed by atoms with E-state index in [0.717, 1.165) is 11.1 Å². The van der Waals surface area contributed by atoms with Crippen LogP contribution in [0.1, 0.15) is 0 Å². The van der Waals surface area contributed by atoms with E-state index in [-0.39, 0.29) is 0 Å². The maximum Gasteiger partial charge on any atom is 0.150 e. The van der Waals surface area contributed by atoms with Crippen LogP contribution in [0, 0.1) is 0 Å². The number of hydrogen-bond donors (Lipinski definition) is 2. The molecule has 0 aliphatic heterocycles. The largest absolute Gasteiger partial charge is 0.454 e. The van der Waals surface area contributed by atoms with Crippen molar-refractivity contribution in [3.05, 3.63) is 72.8 Å². The minimum absolute atomic E-state index is 0.596. The summed E-state index contributed by atoms with van der Waals surface area (Å²) in [6.45, 7) is 0. The molecule has 0 spiro atoms. The molecule has 4 N–H and O–H groups in total. The summed E-state index contributed by atoms with van der Waals surface area (Å²) >= 11 is 0. The number of ether oxygens (including phenoxy) is 1. The zero-order valence-corrected chi connectivity index (χ0v) is 11.5. The molecule has 3 aromatic rings. The molecular weight excluding hydrogens is 260 g/mol. The summed E-state index contributed by atoms with van der Waals surface area (Å²) in [5, 5.41) is 0. The Balaban J connectivity index is 2.06. The van der Waals surface area contributed by atoms with Gasteiger partial charge in [0.1, 0.15) is 11.5 Å². The Bertz CT molecular complexity index is 754. The van der Waals surface area contributed by atoms with Crippen molar-refractivity contribution in [3.8, 4) is 22.6 Å². The topological polar surface area (TPSA) is 61.3 Å². The highest BCUT2D eigenvalue weighted by Crippen LogP contribution is 2.36. The molecule has 3 aromatic carbocycles. The van der Waals surface area contributed by atoms with Crippen LogP contribution in [-0.2, 0) is 0 Å². The van der Waals surface area contributed by atoms with E-state index in [1.165, 1.54) is 0 Å². The number of anilines is 2. The van der Waals surface area contributed by atoms with Gasteiger partial charge >= 0.3 is 0 Å². The predicted octanol–water partition coefficient (Wildman–Crippen LogP) is 4.31. The quantitative estimate of drug-likeness (QED) is 0.701. The SMILES string of the molecule is Nc1ccc(-c2ccccc2)c(Oc2ccccc2N)c1. The smallest absolute Gasteiger partial charge is 0.150 e. The molecule has 0 aromatic heterocycles. The molecule has 21 heavy (non-hydrogen) atoms. The van der Waals surface area contributed by atoms with Gasteiger partial charge in [0, 0.05) is 17.3 Å². The molecule has 3 rings (SSSR count). The first kappa shape index (κ1) is 13.1. The van der Waals surface area contributed by atoms with Crippen molar-refractivity contribution in [1.29, 1.82) is 0 Å². The van der Waals surface area contributed by atoms with E-state index >= 15 is 0 Å². The first-order valence-corrected chi connectivity index (χ1v) is 6.71. The first-order chi connectivity index (χ1) is 10.2. The minimum Gasteiger partial charge on any atom is -0.454 e. The van der Waals surface area contributed by atoms with Crippen LogP contribution in [0.4, 0.5) is 11.4 Å². The Hall–Kier alpha value is -2.94. The Morgan fingerprint density at radius 2 is 1.38 bits per heavy atom. The molecule has 3 heteroatoms. The number of para-hydroxylation sites is 2. The van der Waals surface area contributed by atoms with Crippen LogP contribution in [0.15, 0.2) is 72.8 Å². The van der Waals surface area contributed by atoms with E-state index in [1.807, 2.05) is 72.8 Å². The predicted molar refractivity (Wildman–Crippen MR) is 87.2 cm³/mol. The highest BCUT2D eigenvalue weighted by molar-refractivity contribution is 5.74. The number of nitrogens with two attached hydrogens (primary N) is 2. The van der Waals surface area contributed by atoms with Crippen molar-refractivity contribution in [2.75, 3.05) is 11.5 Å². The van der Waals surface area contributed by atoms with Crippen LogP contribution in [0.2, 0.25) is 0 Å². The normalized spacial score (nSPS) is 10.3. The third-order valence-electron chi connectivity index (χ3n) is 3.23. The summed E-state index contributed by atoms with van der Waals surface area (Å²) in [6.07, 6.45) is 0. The molecule has 0 unspecified atom stereocenters. The molecular formula is C18H16N2O. The molecule has 0 radical (unpaired) electrons. The average Bonchev–Trinajstić information content (AvgIpc) is 2.51. The highest BCUT2D eigenvalue weighted by atomic mass is 16.5. The van der Waals surface area contributed by atoms with Gasteiger partial charge in [-0.3, -0.25) is 0 Å². The van der Waals surface area contributed by atoms with Gasteiger partial charge in [-0.1, -0.05) is 42.5 Å². The van der Waals surface area contributed by atoms with Crippen LogP contribution in [0.5, 0.6) is 11.5 Å². The Kier molecular flexibility index (Phi) is 3.48. The molecule has 0 saturated carbocycles. The van der Waals surface area contributed by atoms with Crippen molar-refractivity contribution in [2.45, 2.75) is 0 Å². The van der Waals surface area contributed by atoms with Crippen molar-refractivity contribution in [2.24, 2.45) is 0 Å². The summed E-state index contributed by atoms with van der Waals surface area (Å²) in [6, 6.07) is 23.1. The van der Waals surface area contributed by atoms with Crippen molar-refractivity contribution >= 4 is 11.4 Å². The van der Waals surface area contributed by atoms with Gasteiger partial charge in [-0.25, -0.2) is 0 Å². The zero-order chi connectivity index (χ0) is 14.7. The highest BCUT2D eigenvalue weighted by Gasteiger charge is 2.09. The maximum atomic E-state index is 5.97. The summed E-state index contributed by atoms with van der Waals surface area (Å²) in [5.41, 5.74) is 15.1. The van der Waals surface area contributed by atoms with E-state index in [4.69, 9.17) is 16.2 Å². The minimum atomic E-state index is 0.596. The fourth-order valence-electron chi connectivity index (χ4n) is 2.17. The zero-order valence-electron chi connectivity index (χ0n) is 11.5. The van der Waals surface area contributed by atoms with E-state index in [1.54, 1.807) is 0 Å². The second-order valence-electron chi connectivity index (χ2n) is 4.76. The van der Waals surface area contributed by atoms with Gasteiger partial charge in [0.05, 0.1) is 5.69 Å². The van der Waals surface area contributed by atoms with Crippen molar-refractivity contribution in [1.82, 2.24) is 0 Å². The van der Waals surface area contributed by atoms with Crippen molar-refractivity contribution in [3.63, 3.8) is 0 Å². The lowest BCUT2D eigenvalue weighted by atomic mass is 10.0. The third kappa shape index (κ3) is 2.82. The maximum absolute atomic E-state index is 5.97. The van der Waals surface area contributed by atoms with Gasteiger partial charge in [0.2, 0.25) is 0 Å². The van der Waals surface area contributed by atoms with Crippen LogP contribution in [0.25, 0.3) is 11.1 Å². The van der Waals surface area contributed by atoms with Gasteiger partial charge < -0.3 is 16.2 Å². The number of benzene rings is 3. The van der Waals surface area contributed by atoms with Gasteiger partial charge in [0.15, 0.2) is 0 Å². The lowest BCUT2D eigenvalue weighted by Crippen LogP contribution is -1.94. The molecule has 0 amide bonds. The Morgan fingerprint density at radius 3 is 2.14 bits per heavy atom. The number of hydrogen-bond acceptors (Lipinski definition) is 3. The van der Waals surface area contributed by atoms with E-state index in [0.29, 0.717) is 22.9 Å². The Morgan fingerprint density at radius 1 is 0.667 bits per heavy atom. The van der Waals surface area contributed by atoms with E-state index in [2.05, 4.69) is 0 Å². The van der Waals surface area contributed by atoms with Gasteiger partial charge in [-0.2, -0.15) is 0 Å². The first-order valence-electron chi connectivity index (χ1n) is 6.71. The molecule has 0 aliphatic rings. The fraction of sp³-hybridized carbons (Fsp3) is 0. The molecule has 0 saturated heterocycles. The summed E-state index contributed by atoms with van der Waals surface area (Å²) < 4.78 is 5.97. The molecule has 0 heterocycles. The number of rotatable bonds is 3. The lowest BCUT2D eigenvalue weighted by molar-refractivity contribution is 0.487. The van der Waals surface area contributed by atoms with Crippen LogP contribution >= 0.6 is 0 Å². The van der Waals surface area contributed by atoms with Gasteiger partial charge in [-0.05, 0) is 29.8 Å². The van der Waals surface area contributed by atoms with Crippen LogP contribution in [-0.4, -0.2) is 0 Å². The monoisotopic (exact) mass is 276 g/mol. The summed E-state index contributed by atoms with van der Waals surface area (Å²) in [5.74, 6) is 1.32. The average molecular weight is 276 g/mol. The van der Waals surface area contributed by atoms with Gasteiger partial charge in [-0.15, -0.1) is 0 Å². The molecule has 0 atom stereocenters. The molecule has 0 fully saturated rings. The summed E-state index contributed by atoms with van der Waals surface area (Å²) in [4.78, 5) is 0. The van der Waals surface area contributed by atoms with E-state index in [9.17, 15) is 0 Å². The van der Waals surface area contributed by atoms with Crippen molar-refractivity contribution < 1.29 is 4.74 Å². The second-order valence-corrected chi connectivity index (χ2v) is 4.76. The van der Waals surface area contributed by atoms with E-state index < -0.39 is 0 Å². The molecule has 0 aliphatic carbocycles. The lowest BCUT2D eigenvalue weighted by Gasteiger charge is -2.13. The second kappa shape index (κ2) is 5.59. The van der Waals surface area contributed by atoms with Crippen LogP contribution < -0.4 is 16.2 Å². The summed E-state index contributed by atoms with van der Waals surface area (Å²) in [7, 11) is 0. The Labute approximate surface area is 123 Å². The fourth-order valence-corrected chi connectivity index (χ4v) is 2.17. The third-order valence-corrected chi connectivity index (χ3v) is 3.23. The number of nitrogen functional groups attached to an aromatic ring is 2. The molecule has 104 valence electrons. The van der Waals surface area contributed by atoms with Gasteiger partial charge in [0.25, 0.3) is 0 Å². The molecule has 3 nitrogen and oxygen atoms in total. The molecule has 0 bridgehead atoms. The van der Waals surface area contributed by atoms with Crippen LogP contribution in [0.3, 0.4) is 0 Å². The standard InChI is InChI=1S/C18H16N2O/c19-14-10-11-15(13-6-2-1-3-7-13)18(12-14)21-17-9-5-4-8-16(17)20/h1-12H,19-20H2.